The third-order valence-electron chi connectivity index (χ3n) is 15.2. The highest BCUT2D eigenvalue weighted by Crippen LogP contribution is 2.56. The summed E-state index contributed by atoms with van der Waals surface area (Å²) in [5.74, 6) is -2.68. The molecular formula is C59H52O14. The Morgan fingerprint density at radius 2 is 0.836 bits per heavy atom. The van der Waals surface area contributed by atoms with Gasteiger partial charge in [0.05, 0.1) is 50.7 Å². The number of hydrogen-bond acceptors (Lipinski definition) is 14. The first-order valence-corrected chi connectivity index (χ1v) is 23.3. The van der Waals surface area contributed by atoms with Crippen LogP contribution in [0.4, 0.5) is 0 Å². The van der Waals surface area contributed by atoms with Crippen LogP contribution in [0.1, 0.15) is 104 Å². The van der Waals surface area contributed by atoms with E-state index in [9.17, 15) is 50.4 Å². The number of benzene rings is 8. The van der Waals surface area contributed by atoms with Crippen molar-refractivity contribution in [2.75, 3.05) is 28.4 Å². The summed E-state index contributed by atoms with van der Waals surface area (Å²) in [5, 5.41) is 93.9. The van der Waals surface area contributed by atoms with Crippen molar-refractivity contribution in [3.8, 4) is 91.2 Å². The van der Waals surface area contributed by atoms with Gasteiger partial charge in [-0.25, -0.2) is 0 Å². The second-order valence-electron chi connectivity index (χ2n) is 19.9. The lowest BCUT2D eigenvalue weighted by Gasteiger charge is -2.35. The lowest BCUT2D eigenvalue weighted by molar-refractivity contribution is 0.101. The van der Waals surface area contributed by atoms with E-state index in [1.807, 2.05) is 27.7 Å². The molecule has 73 heavy (non-hydrogen) atoms. The van der Waals surface area contributed by atoms with Crippen LogP contribution in [0.3, 0.4) is 0 Å². The maximum Gasteiger partial charge on any atom is 0.201 e. The van der Waals surface area contributed by atoms with Gasteiger partial charge in [0.2, 0.25) is 11.6 Å². The fraction of sp³-hybridized carbons (Fsp3) is 0.220. The number of hydrogen-bond donors (Lipinski definition) is 8. The molecule has 8 aromatic carbocycles. The molecule has 0 atom stereocenters. The standard InChI is InChI=1S/C59H52O14/c1-24-11-43(72-9)33(53(65)45(24)34-20-30(70-7)12-26-14-36-51(54(66)47(26)34)56(68)49-38(58(36,3)4)16-28(60)18-40(49)62)22-32-25(2)46(42(64)23-44(32)73-10)35-21-31(71-8)13-27-15-37-52(55(67)48(27)35)57(69)50-39(59(37,5)6)17-29(61)19-41(50)63/h11-21,23,60-67H,22H2,1-10H3. The Morgan fingerprint density at radius 3 is 1.27 bits per heavy atom. The first-order valence-electron chi connectivity index (χ1n) is 23.3. The van der Waals surface area contributed by atoms with Crippen molar-refractivity contribution < 1.29 is 69.4 Å². The number of fused-ring (bicyclic) bond motifs is 6. The minimum atomic E-state index is -0.992. The van der Waals surface area contributed by atoms with E-state index in [2.05, 4.69) is 0 Å². The molecule has 10 rings (SSSR count). The number of carbonyl (C=O) groups excluding carboxylic acids is 2. The summed E-state index contributed by atoms with van der Waals surface area (Å²) in [7, 11) is 5.85. The molecule has 8 aromatic rings. The molecule has 0 heterocycles. The molecule has 372 valence electrons. The van der Waals surface area contributed by atoms with Crippen LogP contribution >= 0.6 is 0 Å². The number of rotatable bonds is 8. The molecule has 0 fully saturated rings. The summed E-state index contributed by atoms with van der Waals surface area (Å²) >= 11 is 0. The highest BCUT2D eigenvalue weighted by Gasteiger charge is 2.44. The number of ether oxygens (including phenoxy) is 4. The predicted octanol–water partition coefficient (Wildman–Crippen LogP) is 11.0. The first kappa shape index (κ1) is 47.9. The average molecular weight is 985 g/mol. The van der Waals surface area contributed by atoms with E-state index in [1.165, 1.54) is 46.6 Å². The minimum absolute atomic E-state index is 0.0480. The summed E-state index contributed by atoms with van der Waals surface area (Å²) in [5.41, 5.74) is 2.27. The molecular weight excluding hydrogens is 933 g/mol. The van der Waals surface area contributed by atoms with Crippen molar-refractivity contribution in [2.45, 2.75) is 58.8 Å². The zero-order chi connectivity index (χ0) is 52.7. The highest BCUT2D eigenvalue weighted by molar-refractivity contribution is 6.22. The van der Waals surface area contributed by atoms with E-state index in [-0.39, 0.29) is 102 Å². The number of phenolic OH excluding ortho intramolecular Hbond substituents is 8. The van der Waals surface area contributed by atoms with E-state index in [1.54, 1.807) is 56.3 Å². The van der Waals surface area contributed by atoms with Crippen molar-refractivity contribution in [3.05, 3.63) is 140 Å². The molecule has 2 aliphatic carbocycles. The van der Waals surface area contributed by atoms with Gasteiger partial charge in [0.15, 0.2) is 0 Å². The Morgan fingerprint density at radius 1 is 0.425 bits per heavy atom. The van der Waals surface area contributed by atoms with Crippen molar-refractivity contribution in [3.63, 3.8) is 0 Å². The van der Waals surface area contributed by atoms with E-state index in [4.69, 9.17) is 18.9 Å². The Hall–Kier alpha value is -8.78. The van der Waals surface area contributed by atoms with E-state index < -0.39 is 39.6 Å². The number of phenols is 8. The maximum atomic E-state index is 14.4. The Balaban J connectivity index is 1.19. The quantitative estimate of drug-likeness (QED) is 0.0708. The van der Waals surface area contributed by atoms with E-state index >= 15 is 0 Å². The van der Waals surface area contributed by atoms with Gasteiger partial charge in [-0.2, -0.15) is 0 Å². The van der Waals surface area contributed by atoms with Crippen LogP contribution in [-0.2, 0) is 17.3 Å². The van der Waals surface area contributed by atoms with Gasteiger partial charge in [0, 0.05) is 79.6 Å². The number of ketones is 2. The lowest BCUT2D eigenvalue weighted by atomic mass is 9.67. The van der Waals surface area contributed by atoms with Crippen molar-refractivity contribution >= 4 is 33.1 Å². The lowest BCUT2D eigenvalue weighted by Crippen LogP contribution is -2.30. The first-order chi connectivity index (χ1) is 34.5. The van der Waals surface area contributed by atoms with Crippen molar-refractivity contribution in [1.29, 1.82) is 0 Å². The summed E-state index contributed by atoms with van der Waals surface area (Å²) < 4.78 is 23.4. The van der Waals surface area contributed by atoms with Gasteiger partial charge in [0.25, 0.3) is 0 Å². The van der Waals surface area contributed by atoms with Gasteiger partial charge in [-0.1, -0.05) is 27.7 Å². The monoisotopic (exact) mass is 984 g/mol. The van der Waals surface area contributed by atoms with Gasteiger partial charge >= 0.3 is 0 Å². The number of carbonyl (C=O) groups is 2. The minimum Gasteiger partial charge on any atom is -0.508 e. The van der Waals surface area contributed by atoms with Crippen LogP contribution in [0.5, 0.6) is 69.0 Å². The Bertz CT molecular complexity index is 3560. The fourth-order valence-corrected chi connectivity index (χ4v) is 11.5. The molecule has 8 N–H and O–H groups in total. The van der Waals surface area contributed by atoms with Crippen LogP contribution in [0, 0.1) is 13.8 Å². The molecule has 0 aliphatic heterocycles. The molecule has 14 heteroatoms. The van der Waals surface area contributed by atoms with Crippen LogP contribution < -0.4 is 18.9 Å². The van der Waals surface area contributed by atoms with Gasteiger partial charge in [0.1, 0.15) is 69.0 Å². The Kier molecular flexibility index (Phi) is 10.7. The largest absolute Gasteiger partial charge is 0.508 e. The second-order valence-corrected chi connectivity index (χ2v) is 19.9. The molecule has 0 bridgehead atoms. The summed E-state index contributed by atoms with van der Waals surface area (Å²) in [6, 6.07) is 18.4. The predicted molar refractivity (Wildman–Crippen MR) is 275 cm³/mol. The molecule has 0 amide bonds. The zero-order valence-corrected chi connectivity index (χ0v) is 41.7. The van der Waals surface area contributed by atoms with Gasteiger partial charge < -0.3 is 59.8 Å². The number of aromatic hydroxyl groups is 8. The molecule has 0 unspecified atom stereocenters. The maximum absolute atomic E-state index is 14.4. The number of aryl methyl sites for hydroxylation is 1. The van der Waals surface area contributed by atoms with Gasteiger partial charge in [-0.05, 0) is 113 Å². The third kappa shape index (κ3) is 6.76. The molecule has 0 spiro atoms. The molecule has 0 aromatic heterocycles. The van der Waals surface area contributed by atoms with Crippen LogP contribution in [0.2, 0.25) is 0 Å². The molecule has 0 saturated carbocycles. The molecule has 2 aliphatic rings. The highest BCUT2D eigenvalue weighted by atomic mass is 16.5. The van der Waals surface area contributed by atoms with Crippen molar-refractivity contribution in [1.82, 2.24) is 0 Å². The smallest absolute Gasteiger partial charge is 0.201 e. The van der Waals surface area contributed by atoms with Crippen molar-refractivity contribution in [2.24, 2.45) is 0 Å². The third-order valence-corrected chi connectivity index (χ3v) is 15.2. The summed E-state index contributed by atoms with van der Waals surface area (Å²) in [6.07, 6.45) is -0.0811. The average Bonchev–Trinajstić information content (AvgIpc) is 3.32. The normalized spacial score (nSPS) is 14.1. The van der Waals surface area contributed by atoms with E-state index in [0.29, 0.717) is 66.8 Å². The van der Waals surface area contributed by atoms with Gasteiger partial charge in [-0.3, -0.25) is 9.59 Å². The van der Waals surface area contributed by atoms with Crippen LogP contribution in [0.15, 0.2) is 72.8 Å². The molecule has 0 saturated heterocycles. The topological polar surface area (TPSA) is 233 Å². The van der Waals surface area contributed by atoms with Crippen LogP contribution in [0.25, 0.3) is 43.8 Å². The fourth-order valence-electron chi connectivity index (χ4n) is 11.5. The summed E-state index contributed by atoms with van der Waals surface area (Å²) in [4.78, 5) is 28.8. The zero-order valence-electron chi connectivity index (χ0n) is 41.7. The van der Waals surface area contributed by atoms with E-state index in [0.717, 1.165) is 12.1 Å². The molecule has 0 radical (unpaired) electrons. The SMILES string of the molecule is COc1cc(-c2c(O)cc(OC)c(Cc3c(OC)cc(C)c(-c4cc(OC)cc5cc6c(c(O)c45)C(=O)c4c(O)cc(O)cc4C6(C)C)c3O)c2C)c2c(O)c3c(cc2c1)C(C)(C)c1cc(O)cc(O)c1C3=O. The Labute approximate surface area is 419 Å². The van der Waals surface area contributed by atoms with Gasteiger partial charge in [-0.15, -0.1) is 0 Å². The molecule has 14 nitrogen and oxygen atoms in total. The number of methoxy groups -OCH3 is 4. The summed E-state index contributed by atoms with van der Waals surface area (Å²) in [6.45, 7) is 10.8. The van der Waals surface area contributed by atoms with Crippen LogP contribution in [-0.4, -0.2) is 80.9 Å². The second kappa shape index (κ2) is 16.4.